The molecule has 0 aromatic carbocycles. The molecule has 1 aliphatic heterocycles. The summed E-state index contributed by atoms with van der Waals surface area (Å²) in [4.78, 5) is 18.9. The van der Waals surface area contributed by atoms with E-state index in [1.165, 1.54) is 11.5 Å². The summed E-state index contributed by atoms with van der Waals surface area (Å²) in [5.74, 6) is 2.34. The van der Waals surface area contributed by atoms with Gasteiger partial charge in [-0.2, -0.15) is 11.8 Å². The molecule has 1 aliphatic rings. The highest BCUT2D eigenvalue weighted by atomic mass is 32.2. The highest BCUT2D eigenvalue weighted by Crippen LogP contribution is 2.15. The first-order valence-electron chi connectivity index (χ1n) is 7.49. The average molecular weight is 308 g/mol. The SMILES string of the molecule is CCNc1cc(C)ncc1C(=O)NCCN1CCSCC1. The van der Waals surface area contributed by atoms with Crippen molar-refractivity contribution in [3.05, 3.63) is 23.5 Å². The molecule has 116 valence electrons. The largest absolute Gasteiger partial charge is 0.385 e. The molecule has 1 fully saturated rings. The van der Waals surface area contributed by atoms with Crippen LogP contribution in [-0.2, 0) is 0 Å². The van der Waals surface area contributed by atoms with Crippen LogP contribution in [0.1, 0.15) is 23.0 Å². The maximum absolute atomic E-state index is 12.3. The lowest BCUT2D eigenvalue weighted by Gasteiger charge is -2.26. The Balaban J connectivity index is 1.87. The molecule has 0 radical (unpaired) electrons. The number of thioether (sulfide) groups is 1. The quantitative estimate of drug-likeness (QED) is 0.836. The van der Waals surface area contributed by atoms with Gasteiger partial charge in [0.25, 0.3) is 5.91 Å². The van der Waals surface area contributed by atoms with Crippen LogP contribution >= 0.6 is 11.8 Å². The lowest BCUT2D eigenvalue weighted by Crippen LogP contribution is -2.39. The van der Waals surface area contributed by atoms with E-state index in [1.807, 2.05) is 31.7 Å². The number of pyridine rings is 1. The smallest absolute Gasteiger partial charge is 0.254 e. The van der Waals surface area contributed by atoms with Crippen molar-refractivity contribution in [3.63, 3.8) is 0 Å². The first-order valence-corrected chi connectivity index (χ1v) is 8.65. The van der Waals surface area contributed by atoms with Crippen molar-refractivity contribution in [3.8, 4) is 0 Å². The van der Waals surface area contributed by atoms with Crippen LogP contribution < -0.4 is 10.6 Å². The van der Waals surface area contributed by atoms with Crippen molar-refractivity contribution < 1.29 is 4.79 Å². The Hall–Kier alpha value is -1.27. The second-order valence-corrected chi connectivity index (χ2v) is 6.34. The van der Waals surface area contributed by atoms with Crippen molar-refractivity contribution in [1.29, 1.82) is 0 Å². The molecule has 1 amide bonds. The summed E-state index contributed by atoms with van der Waals surface area (Å²) >= 11 is 2.00. The molecule has 1 aromatic heterocycles. The third-order valence-corrected chi connectivity index (χ3v) is 4.41. The van der Waals surface area contributed by atoms with E-state index in [2.05, 4.69) is 20.5 Å². The van der Waals surface area contributed by atoms with Gasteiger partial charge in [-0.05, 0) is 19.9 Å². The molecule has 0 unspecified atom stereocenters. The standard InChI is InChI=1S/C15H24N4OS/c1-3-16-14-10-12(2)18-11-13(14)15(20)17-4-5-19-6-8-21-9-7-19/h10-11H,3-9H2,1-2H3,(H,16,18)(H,17,20). The third kappa shape index (κ3) is 4.89. The van der Waals surface area contributed by atoms with Gasteiger partial charge in [-0.15, -0.1) is 0 Å². The van der Waals surface area contributed by atoms with E-state index < -0.39 is 0 Å². The lowest BCUT2D eigenvalue weighted by atomic mass is 10.2. The number of rotatable bonds is 6. The first-order chi connectivity index (χ1) is 10.2. The number of carbonyl (C=O) groups excluding carboxylic acids is 1. The molecular formula is C15H24N4OS. The summed E-state index contributed by atoms with van der Waals surface area (Å²) in [6.45, 7) is 8.58. The number of anilines is 1. The summed E-state index contributed by atoms with van der Waals surface area (Å²) in [7, 11) is 0. The Kier molecular flexibility index (Phi) is 6.32. The van der Waals surface area contributed by atoms with Crippen molar-refractivity contribution in [1.82, 2.24) is 15.2 Å². The van der Waals surface area contributed by atoms with E-state index in [0.717, 1.165) is 37.6 Å². The zero-order valence-corrected chi connectivity index (χ0v) is 13.6. The fraction of sp³-hybridized carbons (Fsp3) is 0.600. The van der Waals surface area contributed by atoms with Crippen molar-refractivity contribution in [2.45, 2.75) is 13.8 Å². The minimum absolute atomic E-state index is 0.0511. The minimum atomic E-state index is -0.0511. The molecule has 2 N–H and O–H groups in total. The van der Waals surface area contributed by atoms with Gasteiger partial charge in [-0.25, -0.2) is 0 Å². The maximum Gasteiger partial charge on any atom is 0.254 e. The highest BCUT2D eigenvalue weighted by molar-refractivity contribution is 7.99. The molecular weight excluding hydrogens is 284 g/mol. The van der Waals surface area contributed by atoms with Crippen LogP contribution in [0.15, 0.2) is 12.3 Å². The number of hydrogen-bond donors (Lipinski definition) is 2. The van der Waals surface area contributed by atoms with E-state index in [4.69, 9.17) is 0 Å². The topological polar surface area (TPSA) is 57.3 Å². The minimum Gasteiger partial charge on any atom is -0.385 e. The van der Waals surface area contributed by atoms with E-state index in [1.54, 1.807) is 6.20 Å². The lowest BCUT2D eigenvalue weighted by molar-refractivity contribution is 0.0949. The number of carbonyl (C=O) groups is 1. The third-order valence-electron chi connectivity index (χ3n) is 3.47. The Morgan fingerprint density at radius 1 is 1.43 bits per heavy atom. The van der Waals surface area contributed by atoms with Gasteiger partial charge in [0.1, 0.15) is 0 Å². The molecule has 1 aromatic rings. The normalized spacial score (nSPS) is 15.7. The predicted octanol–water partition coefficient (Wildman–Crippen LogP) is 1.60. The second kappa shape index (κ2) is 8.24. The molecule has 1 saturated heterocycles. The fourth-order valence-electron chi connectivity index (χ4n) is 2.33. The second-order valence-electron chi connectivity index (χ2n) is 5.11. The Labute approximate surface area is 130 Å². The first kappa shape index (κ1) is 16.1. The van der Waals surface area contributed by atoms with E-state index in [-0.39, 0.29) is 5.91 Å². The van der Waals surface area contributed by atoms with Gasteiger partial charge in [-0.3, -0.25) is 14.7 Å². The van der Waals surface area contributed by atoms with Crippen molar-refractivity contribution in [2.75, 3.05) is 49.5 Å². The van der Waals surface area contributed by atoms with Gasteiger partial charge in [-0.1, -0.05) is 0 Å². The molecule has 2 heterocycles. The summed E-state index contributed by atoms with van der Waals surface area (Å²) < 4.78 is 0. The monoisotopic (exact) mass is 308 g/mol. The average Bonchev–Trinajstić information content (AvgIpc) is 2.49. The number of hydrogen-bond acceptors (Lipinski definition) is 5. The van der Waals surface area contributed by atoms with Crippen LogP contribution in [0, 0.1) is 6.92 Å². The number of amides is 1. The van der Waals surface area contributed by atoms with Gasteiger partial charge >= 0.3 is 0 Å². The molecule has 0 saturated carbocycles. The molecule has 0 spiro atoms. The van der Waals surface area contributed by atoms with Gasteiger partial charge < -0.3 is 10.6 Å². The number of nitrogens with one attached hydrogen (secondary N) is 2. The summed E-state index contributed by atoms with van der Waals surface area (Å²) in [5.41, 5.74) is 2.39. The van der Waals surface area contributed by atoms with Crippen molar-refractivity contribution >= 4 is 23.4 Å². The predicted molar refractivity (Wildman–Crippen MR) is 89.2 cm³/mol. The fourth-order valence-corrected chi connectivity index (χ4v) is 3.30. The Bertz CT molecular complexity index is 475. The number of aryl methyl sites for hydroxylation is 1. The highest BCUT2D eigenvalue weighted by Gasteiger charge is 2.13. The van der Waals surface area contributed by atoms with Crippen LogP contribution in [0.3, 0.4) is 0 Å². The summed E-state index contributed by atoms with van der Waals surface area (Å²) in [6, 6.07) is 1.92. The van der Waals surface area contributed by atoms with Crippen LogP contribution in [0.2, 0.25) is 0 Å². The van der Waals surface area contributed by atoms with Gasteiger partial charge in [0.15, 0.2) is 0 Å². The van der Waals surface area contributed by atoms with Gasteiger partial charge in [0, 0.05) is 56.1 Å². The Morgan fingerprint density at radius 2 is 2.19 bits per heavy atom. The molecule has 0 atom stereocenters. The van der Waals surface area contributed by atoms with Crippen molar-refractivity contribution in [2.24, 2.45) is 0 Å². The maximum atomic E-state index is 12.3. The van der Waals surface area contributed by atoms with Crippen LogP contribution in [0.4, 0.5) is 5.69 Å². The van der Waals surface area contributed by atoms with E-state index in [9.17, 15) is 4.79 Å². The molecule has 6 heteroatoms. The summed E-state index contributed by atoms with van der Waals surface area (Å²) in [5, 5.41) is 6.22. The molecule has 5 nitrogen and oxygen atoms in total. The van der Waals surface area contributed by atoms with Crippen LogP contribution in [0.5, 0.6) is 0 Å². The number of nitrogens with zero attached hydrogens (tertiary/aromatic N) is 2. The molecule has 0 aliphatic carbocycles. The van der Waals surface area contributed by atoms with Crippen LogP contribution in [-0.4, -0.2) is 60.0 Å². The van der Waals surface area contributed by atoms with Gasteiger partial charge in [0.2, 0.25) is 0 Å². The molecule has 21 heavy (non-hydrogen) atoms. The van der Waals surface area contributed by atoms with E-state index in [0.29, 0.717) is 12.1 Å². The Morgan fingerprint density at radius 3 is 2.90 bits per heavy atom. The zero-order chi connectivity index (χ0) is 15.1. The van der Waals surface area contributed by atoms with E-state index >= 15 is 0 Å². The zero-order valence-electron chi connectivity index (χ0n) is 12.8. The molecule has 2 rings (SSSR count). The summed E-state index contributed by atoms with van der Waals surface area (Å²) in [6.07, 6.45) is 1.65. The van der Waals surface area contributed by atoms with Crippen LogP contribution in [0.25, 0.3) is 0 Å². The van der Waals surface area contributed by atoms with Gasteiger partial charge in [0.05, 0.1) is 11.3 Å². The number of aromatic nitrogens is 1. The molecule has 0 bridgehead atoms.